The zero-order chi connectivity index (χ0) is 12.6. The van der Waals surface area contributed by atoms with Gasteiger partial charge in [0.25, 0.3) is 0 Å². The highest BCUT2D eigenvalue weighted by Crippen LogP contribution is 2.42. The van der Waals surface area contributed by atoms with Gasteiger partial charge in [-0.25, -0.2) is 0 Å². The maximum Gasteiger partial charge on any atom is 0.127 e. The van der Waals surface area contributed by atoms with E-state index in [2.05, 4.69) is 26.1 Å². The van der Waals surface area contributed by atoms with Gasteiger partial charge in [0.1, 0.15) is 5.75 Å². The SMILES string of the molecule is CNC(c1cc(Cl)cc2c1OCC2)C(C)(C)C. The molecule has 0 spiro atoms. The summed E-state index contributed by atoms with van der Waals surface area (Å²) in [6.07, 6.45) is 0.962. The second kappa shape index (κ2) is 4.51. The van der Waals surface area contributed by atoms with Gasteiger partial charge in [-0.3, -0.25) is 0 Å². The van der Waals surface area contributed by atoms with Crippen molar-refractivity contribution in [1.82, 2.24) is 5.32 Å². The average Bonchev–Trinajstić information content (AvgIpc) is 2.63. The number of fused-ring (bicyclic) bond motifs is 1. The molecule has 1 N–H and O–H groups in total. The monoisotopic (exact) mass is 253 g/mol. The first-order chi connectivity index (χ1) is 7.93. The number of ether oxygens (including phenoxy) is 1. The molecule has 0 saturated heterocycles. The Hall–Kier alpha value is -0.730. The fraction of sp³-hybridized carbons (Fsp3) is 0.571. The van der Waals surface area contributed by atoms with Crippen LogP contribution in [-0.4, -0.2) is 13.7 Å². The summed E-state index contributed by atoms with van der Waals surface area (Å²) < 4.78 is 5.76. The number of rotatable bonds is 2. The van der Waals surface area contributed by atoms with Crippen LogP contribution in [0.1, 0.15) is 37.9 Å². The van der Waals surface area contributed by atoms with Gasteiger partial charge >= 0.3 is 0 Å². The van der Waals surface area contributed by atoms with Crippen molar-refractivity contribution in [3.8, 4) is 5.75 Å². The van der Waals surface area contributed by atoms with Crippen molar-refractivity contribution in [3.05, 3.63) is 28.3 Å². The third kappa shape index (κ3) is 2.43. The number of hydrogen-bond donors (Lipinski definition) is 1. The molecule has 0 radical (unpaired) electrons. The number of halogens is 1. The Bertz CT molecular complexity index is 423. The van der Waals surface area contributed by atoms with Crippen LogP contribution in [0.25, 0.3) is 0 Å². The molecule has 2 nitrogen and oxygen atoms in total. The molecule has 3 heteroatoms. The van der Waals surface area contributed by atoms with Gasteiger partial charge in [-0.1, -0.05) is 32.4 Å². The largest absolute Gasteiger partial charge is 0.493 e. The number of nitrogens with one attached hydrogen (secondary N) is 1. The summed E-state index contributed by atoms with van der Waals surface area (Å²) in [6, 6.07) is 4.29. The van der Waals surface area contributed by atoms with Crippen LogP contribution < -0.4 is 10.1 Å². The maximum atomic E-state index is 6.20. The van der Waals surface area contributed by atoms with E-state index in [-0.39, 0.29) is 11.5 Å². The Kier molecular flexibility index (Phi) is 3.37. The zero-order valence-electron chi connectivity index (χ0n) is 10.9. The number of hydrogen-bond acceptors (Lipinski definition) is 2. The molecule has 1 heterocycles. The van der Waals surface area contributed by atoms with E-state index in [0.29, 0.717) is 0 Å². The Morgan fingerprint density at radius 3 is 2.65 bits per heavy atom. The standard InChI is InChI=1S/C14H20ClNO/c1-14(2,3)13(16-4)11-8-10(15)7-9-5-6-17-12(9)11/h7-8,13,16H,5-6H2,1-4H3. The first-order valence-corrected chi connectivity index (χ1v) is 6.43. The summed E-state index contributed by atoms with van der Waals surface area (Å²) in [5, 5.41) is 4.18. The first-order valence-electron chi connectivity index (χ1n) is 6.06. The molecule has 0 saturated carbocycles. The van der Waals surface area contributed by atoms with Crippen LogP contribution in [0.15, 0.2) is 12.1 Å². The van der Waals surface area contributed by atoms with Crippen molar-refractivity contribution in [2.24, 2.45) is 5.41 Å². The van der Waals surface area contributed by atoms with Crippen LogP contribution in [0.2, 0.25) is 5.02 Å². The highest BCUT2D eigenvalue weighted by molar-refractivity contribution is 6.30. The molecule has 0 bridgehead atoms. The zero-order valence-corrected chi connectivity index (χ0v) is 11.7. The third-order valence-electron chi connectivity index (χ3n) is 3.24. The normalized spacial score (nSPS) is 16.5. The van der Waals surface area contributed by atoms with Crippen molar-refractivity contribution < 1.29 is 4.74 Å². The molecule has 0 aromatic heterocycles. The third-order valence-corrected chi connectivity index (χ3v) is 3.46. The van der Waals surface area contributed by atoms with E-state index in [1.807, 2.05) is 19.2 Å². The summed E-state index contributed by atoms with van der Waals surface area (Å²) in [7, 11) is 1.98. The molecule has 0 fully saturated rings. The van der Waals surface area contributed by atoms with Crippen LogP contribution in [0.4, 0.5) is 0 Å². The van der Waals surface area contributed by atoms with Gasteiger partial charge in [-0.15, -0.1) is 0 Å². The molecule has 17 heavy (non-hydrogen) atoms. The highest BCUT2D eigenvalue weighted by Gasteiger charge is 2.30. The lowest BCUT2D eigenvalue weighted by Crippen LogP contribution is -2.30. The van der Waals surface area contributed by atoms with E-state index in [4.69, 9.17) is 16.3 Å². The summed E-state index contributed by atoms with van der Waals surface area (Å²) in [5.41, 5.74) is 2.54. The minimum atomic E-state index is 0.124. The van der Waals surface area contributed by atoms with Crippen molar-refractivity contribution in [1.29, 1.82) is 0 Å². The lowest BCUT2D eigenvalue weighted by molar-refractivity contribution is 0.274. The molecule has 1 atom stereocenters. The Morgan fingerprint density at radius 1 is 1.35 bits per heavy atom. The smallest absolute Gasteiger partial charge is 0.127 e. The van der Waals surface area contributed by atoms with Crippen molar-refractivity contribution >= 4 is 11.6 Å². The van der Waals surface area contributed by atoms with E-state index < -0.39 is 0 Å². The van der Waals surface area contributed by atoms with Crippen LogP contribution >= 0.6 is 11.6 Å². The van der Waals surface area contributed by atoms with Gasteiger partial charge in [-0.05, 0) is 30.2 Å². The molecule has 2 rings (SSSR count). The predicted octanol–water partition coefficient (Wildman–Crippen LogP) is 3.58. The molecular weight excluding hydrogens is 234 g/mol. The lowest BCUT2D eigenvalue weighted by atomic mass is 9.81. The van der Waals surface area contributed by atoms with Crippen LogP contribution in [-0.2, 0) is 6.42 Å². The van der Waals surface area contributed by atoms with Gasteiger partial charge < -0.3 is 10.1 Å². The van der Waals surface area contributed by atoms with E-state index in [1.165, 1.54) is 11.1 Å². The molecule has 1 aliphatic heterocycles. The Balaban J connectivity index is 2.51. The summed E-state index contributed by atoms with van der Waals surface area (Å²) in [6.45, 7) is 7.42. The molecule has 0 aliphatic carbocycles. The first kappa shape index (κ1) is 12.7. The van der Waals surface area contributed by atoms with Gasteiger partial charge in [-0.2, -0.15) is 0 Å². The van der Waals surface area contributed by atoms with Gasteiger partial charge in [0.15, 0.2) is 0 Å². The molecule has 1 aromatic carbocycles. The predicted molar refractivity (Wildman–Crippen MR) is 71.9 cm³/mol. The Morgan fingerprint density at radius 2 is 2.06 bits per heavy atom. The van der Waals surface area contributed by atoms with Crippen LogP contribution in [0, 0.1) is 5.41 Å². The minimum Gasteiger partial charge on any atom is -0.493 e. The minimum absolute atomic E-state index is 0.124. The lowest BCUT2D eigenvalue weighted by Gasteiger charge is -2.32. The second-order valence-electron chi connectivity index (χ2n) is 5.67. The van der Waals surface area contributed by atoms with Gasteiger partial charge in [0.2, 0.25) is 0 Å². The van der Waals surface area contributed by atoms with Crippen molar-refractivity contribution in [2.75, 3.05) is 13.7 Å². The molecular formula is C14H20ClNO. The van der Waals surface area contributed by atoms with Gasteiger partial charge in [0, 0.05) is 23.0 Å². The van der Waals surface area contributed by atoms with Crippen LogP contribution in [0.5, 0.6) is 5.75 Å². The number of benzene rings is 1. The summed E-state index contributed by atoms with van der Waals surface area (Å²) in [5.74, 6) is 1.03. The fourth-order valence-corrected chi connectivity index (χ4v) is 2.82. The average molecular weight is 254 g/mol. The van der Waals surface area contributed by atoms with E-state index in [1.54, 1.807) is 0 Å². The maximum absolute atomic E-state index is 6.20. The van der Waals surface area contributed by atoms with E-state index in [0.717, 1.165) is 23.8 Å². The Labute approximate surface area is 108 Å². The van der Waals surface area contributed by atoms with Crippen molar-refractivity contribution in [2.45, 2.75) is 33.2 Å². The van der Waals surface area contributed by atoms with Crippen LogP contribution in [0.3, 0.4) is 0 Å². The fourth-order valence-electron chi connectivity index (χ4n) is 2.57. The highest BCUT2D eigenvalue weighted by atomic mass is 35.5. The molecule has 1 aromatic rings. The summed E-state index contributed by atoms with van der Waals surface area (Å²) >= 11 is 6.20. The molecule has 1 aliphatic rings. The van der Waals surface area contributed by atoms with E-state index in [9.17, 15) is 0 Å². The van der Waals surface area contributed by atoms with Gasteiger partial charge in [0.05, 0.1) is 6.61 Å². The molecule has 94 valence electrons. The topological polar surface area (TPSA) is 21.3 Å². The van der Waals surface area contributed by atoms with E-state index >= 15 is 0 Å². The second-order valence-corrected chi connectivity index (χ2v) is 6.11. The summed E-state index contributed by atoms with van der Waals surface area (Å²) in [4.78, 5) is 0. The quantitative estimate of drug-likeness (QED) is 0.870. The van der Waals surface area contributed by atoms with Crippen molar-refractivity contribution in [3.63, 3.8) is 0 Å². The molecule has 1 unspecified atom stereocenters. The molecule has 0 amide bonds.